The molecule has 0 aliphatic carbocycles. The second kappa shape index (κ2) is 7.21. The third-order valence-electron chi connectivity index (χ3n) is 4.59. The maximum atomic E-state index is 13.6. The lowest BCUT2D eigenvalue weighted by molar-refractivity contribution is 0.313. The lowest BCUT2D eigenvalue weighted by atomic mass is 10.1. The number of H-pyrrole nitrogens is 1. The average Bonchev–Trinajstić information content (AvgIpc) is 3.35. The van der Waals surface area contributed by atoms with Crippen molar-refractivity contribution in [3.63, 3.8) is 0 Å². The average molecular weight is 408 g/mol. The Hall–Kier alpha value is -3.39. The second-order valence-corrected chi connectivity index (χ2v) is 7.30. The van der Waals surface area contributed by atoms with E-state index in [1.54, 1.807) is 23.7 Å². The van der Waals surface area contributed by atoms with Gasteiger partial charge in [0.2, 0.25) is 5.88 Å². The van der Waals surface area contributed by atoms with Gasteiger partial charge >= 0.3 is 0 Å². The summed E-state index contributed by atoms with van der Waals surface area (Å²) in [5.41, 5.74) is 4.63. The van der Waals surface area contributed by atoms with Crippen LogP contribution in [0.25, 0.3) is 32.6 Å². The van der Waals surface area contributed by atoms with E-state index >= 15 is 0 Å². The zero-order chi connectivity index (χ0) is 19.8. The summed E-state index contributed by atoms with van der Waals surface area (Å²) in [6.07, 6.45) is 2.42. The zero-order valence-corrected chi connectivity index (χ0v) is 15.8. The molecule has 0 aliphatic heterocycles. The standard InChI is InChI=1S/C21H14F2N4OS/c22-14-3-1-2-12(8-14)19-26-20(18-21(27-19)29-11-25-18)28-7-6-13-10-24-17-5-4-15(23)9-16(13)17/h1-5,8-11,24H,6-7H2. The number of hydrogen-bond acceptors (Lipinski definition) is 5. The zero-order valence-electron chi connectivity index (χ0n) is 15.0. The summed E-state index contributed by atoms with van der Waals surface area (Å²) in [6, 6.07) is 10.8. The van der Waals surface area contributed by atoms with E-state index in [4.69, 9.17) is 4.74 Å². The number of hydrogen-bond donors (Lipinski definition) is 1. The van der Waals surface area contributed by atoms with Crippen molar-refractivity contribution < 1.29 is 13.5 Å². The summed E-state index contributed by atoms with van der Waals surface area (Å²) in [7, 11) is 0. The van der Waals surface area contributed by atoms with E-state index in [-0.39, 0.29) is 11.6 Å². The monoisotopic (exact) mass is 408 g/mol. The number of benzene rings is 2. The van der Waals surface area contributed by atoms with Gasteiger partial charge < -0.3 is 9.72 Å². The number of ether oxygens (including phenoxy) is 1. The van der Waals surface area contributed by atoms with E-state index in [0.29, 0.717) is 40.6 Å². The van der Waals surface area contributed by atoms with Crippen LogP contribution in [0.15, 0.2) is 54.2 Å². The fourth-order valence-corrected chi connectivity index (χ4v) is 3.86. The Morgan fingerprint density at radius 2 is 1.93 bits per heavy atom. The fourth-order valence-electron chi connectivity index (χ4n) is 3.21. The number of nitrogens with one attached hydrogen (secondary N) is 1. The second-order valence-electron chi connectivity index (χ2n) is 6.47. The SMILES string of the molecule is Fc1cccc(-c2nc(OCCc3c[nH]c4ccc(F)cc34)c3ncsc3n2)c1. The number of aromatic amines is 1. The highest BCUT2D eigenvalue weighted by atomic mass is 32.1. The molecule has 5 aromatic rings. The number of thiazole rings is 1. The topological polar surface area (TPSA) is 63.7 Å². The molecule has 144 valence electrons. The molecule has 29 heavy (non-hydrogen) atoms. The molecule has 0 aliphatic rings. The van der Waals surface area contributed by atoms with E-state index in [0.717, 1.165) is 16.5 Å². The van der Waals surface area contributed by atoms with Crippen LogP contribution in [0.3, 0.4) is 0 Å². The minimum absolute atomic E-state index is 0.279. The molecule has 0 saturated heterocycles. The van der Waals surface area contributed by atoms with Gasteiger partial charge in [0, 0.05) is 29.1 Å². The molecule has 0 radical (unpaired) electrons. The van der Waals surface area contributed by atoms with Gasteiger partial charge in [-0.25, -0.2) is 18.7 Å². The predicted octanol–water partition coefficient (Wildman–Crippen LogP) is 5.13. The molecule has 2 aromatic carbocycles. The molecule has 5 rings (SSSR count). The largest absolute Gasteiger partial charge is 0.476 e. The van der Waals surface area contributed by atoms with Gasteiger partial charge in [0.15, 0.2) is 16.2 Å². The quantitative estimate of drug-likeness (QED) is 0.438. The Morgan fingerprint density at radius 3 is 2.83 bits per heavy atom. The van der Waals surface area contributed by atoms with Gasteiger partial charge in [-0.15, -0.1) is 11.3 Å². The molecular formula is C21H14F2N4OS. The van der Waals surface area contributed by atoms with E-state index in [2.05, 4.69) is 19.9 Å². The van der Waals surface area contributed by atoms with Crippen LogP contribution in [0.2, 0.25) is 0 Å². The molecule has 0 bridgehead atoms. The molecule has 0 unspecified atom stereocenters. The van der Waals surface area contributed by atoms with E-state index in [1.807, 2.05) is 6.20 Å². The summed E-state index contributed by atoms with van der Waals surface area (Å²) in [6.45, 7) is 0.329. The molecular weight excluding hydrogens is 394 g/mol. The van der Waals surface area contributed by atoms with Crippen LogP contribution in [0.1, 0.15) is 5.56 Å². The Bertz CT molecular complexity index is 1330. The maximum Gasteiger partial charge on any atom is 0.245 e. The molecule has 0 fully saturated rings. The van der Waals surface area contributed by atoms with Crippen LogP contribution in [0.5, 0.6) is 5.88 Å². The highest BCUT2D eigenvalue weighted by Crippen LogP contribution is 2.28. The molecule has 3 heterocycles. The highest BCUT2D eigenvalue weighted by molar-refractivity contribution is 7.16. The lowest BCUT2D eigenvalue weighted by Crippen LogP contribution is -2.04. The minimum Gasteiger partial charge on any atom is -0.476 e. The third-order valence-corrected chi connectivity index (χ3v) is 5.31. The maximum absolute atomic E-state index is 13.6. The minimum atomic E-state index is -0.357. The van der Waals surface area contributed by atoms with E-state index in [1.165, 1.54) is 35.6 Å². The van der Waals surface area contributed by atoms with E-state index < -0.39 is 0 Å². The van der Waals surface area contributed by atoms with Gasteiger partial charge in [-0.05, 0) is 35.9 Å². The molecule has 3 aromatic heterocycles. The van der Waals surface area contributed by atoms with Crippen molar-refractivity contribution >= 4 is 32.6 Å². The predicted molar refractivity (Wildman–Crippen MR) is 108 cm³/mol. The Labute approximate surface area is 168 Å². The summed E-state index contributed by atoms with van der Waals surface area (Å²) >= 11 is 1.37. The fraction of sp³-hybridized carbons (Fsp3) is 0.0952. The molecule has 0 spiro atoms. The van der Waals surface area contributed by atoms with E-state index in [9.17, 15) is 8.78 Å². The first kappa shape index (κ1) is 17.7. The third kappa shape index (κ3) is 3.42. The number of fused-ring (bicyclic) bond motifs is 2. The molecule has 0 atom stereocenters. The first-order valence-corrected chi connectivity index (χ1v) is 9.81. The molecule has 8 heteroatoms. The van der Waals surface area contributed by atoms with Crippen LogP contribution in [-0.4, -0.2) is 26.5 Å². The van der Waals surface area contributed by atoms with Gasteiger partial charge in [-0.3, -0.25) is 0 Å². The summed E-state index contributed by atoms with van der Waals surface area (Å²) in [5.74, 6) is 0.0930. The number of nitrogens with zero attached hydrogens (tertiary/aromatic N) is 3. The van der Waals surface area contributed by atoms with Crippen molar-refractivity contribution in [3.05, 3.63) is 71.4 Å². The summed E-state index contributed by atoms with van der Waals surface area (Å²) in [4.78, 5) is 17.0. The number of halogens is 2. The Balaban J connectivity index is 1.42. The number of rotatable bonds is 5. The van der Waals surface area contributed by atoms with Crippen molar-refractivity contribution in [1.29, 1.82) is 0 Å². The van der Waals surface area contributed by atoms with Crippen LogP contribution in [0, 0.1) is 11.6 Å². The van der Waals surface area contributed by atoms with Crippen molar-refractivity contribution in [2.45, 2.75) is 6.42 Å². The van der Waals surface area contributed by atoms with Gasteiger partial charge in [0.25, 0.3) is 0 Å². The molecule has 1 N–H and O–H groups in total. The smallest absolute Gasteiger partial charge is 0.245 e. The molecule has 5 nitrogen and oxygen atoms in total. The Morgan fingerprint density at radius 1 is 1.03 bits per heavy atom. The van der Waals surface area contributed by atoms with Crippen molar-refractivity contribution in [3.8, 4) is 17.3 Å². The van der Waals surface area contributed by atoms with Crippen LogP contribution >= 0.6 is 11.3 Å². The first-order valence-electron chi connectivity index (χ1n) is 8.93. The summed E-state index contributed by atoms with van der Waals surface area (Å²) < 4.78 is 33.1. The van der Waals surface area contributed by atoms with Crippen molar-refractivity contribution in [1.82, 2.24) is 19.9 Å². The summed E-state index contributed by atoms with van der Waals surface area (Å²) in [5, 5.41) is 0.829. The van der Waals surface area contributed by atoms with Gasteiger partial charge in [-0.2, -0.15) is 4.98 Å². The molecule has 0 saturated carbocycles. The van der Waals surface area contributed by atoms with Crippen LogP contribution in [0.4, 0.5) is 8.78 Å². The lowest BCUT2D eigenvalue weighted by Gasteiger charge is -2.08. The van der Waals surface area contributed by atoms with Crippen LogP contribution < -0.4 is 4.74 Å². The normalized spacial score (nSPS) is 11.4. The van der Waals surface area contributed by atoms with Gasteiger partial charge in [-0.1, -0.05) is 12.1 Å². The highest BCUT2D eigenvalue weighted by Gasteiger charge is 2.14. The van der Waals surface area contributed by atoms with Crippen molar-refractivity contribution in [2.75, 3.05) is 6.61 Å². The van der Waals surface area contributed by atoms with Crippen LogP contribution in [-0.2, 0) is 6.42 Å². The number of aromatic nitrogens is 4. The first-order chi connectivity index (χ1) is 14.2. The molecule has 0 amide bonds. The van der Waals surface area contributed by atoms with Gasteiger partial charge in [0.05, 0.1) is 12.1 Å². The Kier molecular flexibility index (Phi) is 4.40. The van der Waals surface area contributed by atoms with Gasteiger partial charge in [0.1, 0.15) is 11.6 Å². The van der Waals surface area contributed by atoms with Crippen molar-refractivity contribution in [2.24, 2.45) is 0 Å².